The molecule has 1 unspecified atom stereocenters. The quantitative estimate of drug-likeness (QED) is 0.756. The topological polar surface area (TPSA) is 64.1 Å². The summed E-state index contributed by atoms with van der Waals surface area (Å²) in [4.78, 5) is 27.6. The van der Waals surface area contributed by atoms with E-state index in [-0.39, 0.29) is 6.47 Å². The first-order valence-electron chi connectivity index (χ1n) is 10.4. The summed E-state index contributed by atoms with van der Waals surface area (Å²) in [6.45, 7) is 12.0. The highest BCUT2D eigenvalue weighted by Gasteiger charge is 2.29. The van der Waals surface area contributed by atoms with Gasteiger partial charge in [0.05, 0.1) is 0 Å². The molecule has 1 atom stereocenters. The standard InChI is InChI=1S/C21H33N3O.CH2O2/c1-18(2)24-17-20(8-9-21(24)25)16-23-14-12-22(13-15-23)11-10-19-6-4-3-5-7-19;2-1-3/h3-7,18,20H,8-17H2,1-2H3;1H,(H,2,3). The molecule has 0 aromatic heterocycles. The molecule has 0 bridgehead atoms. The highest BCUT2D eigenvalue weighted by molar-refractivity contribution is 5.77. The third kappa shape index (κ3) is 7.24. The van der Waals surface area contributed by atoms with Crippen LogP contribution in [0.25, 0.3) is 0 Å². The molecule has 0 aliphatic carbocycles. The van der Waals surface area contributed by atoms with E-state index in [1.165, 1.54) is 31.7 Å². The van der Waals surface area contributed by atoms with Crippen LogP contribution in [0.15, 0.2) is 30.3 Å². The molecular formula is C22H35N3O3. The van der Waals surface area contributed by atoms with E-state index in [2.05, 4.69) is 58.9 Å². The predicted octanol–water partition coefficient (Wildman–Crippen LogP) is 2.19. The van der Waals surface area contributed by atoms with Crippen molar-refractivity contribution < 1.29 is 14.7 Å². The number of amides is 1. The first kappa shape index (κ1) is 22.4. The van der Waals surface area contributed by atoms with Gasteiger partial charge in [-0.1, -0.05) is 30.3 Å². The van der Waals surface area contributed by atoms with Crippen LogP contribution in [0.2, 0.25) is 0 Å². The molecule has 1 amide bonds. The number of hydrogen-bond acceptors (Lipinski definition) is 4. The van der Waals surface area contributed by atoms with Crippen LogP contribution in [0.5, 0.6) is 0 Å². The molecular weight excluding hydrogens is 354 g/mol. The van der Waals surface area contributed by atoms with Gasteiger partial charge in [-0.05, 0) is 38.2 Å². The number of piperazine rings is 1. The highest BCUT2D eigenvalue weighted by Crippen LogP contribution is 2.21. The summed E-state index contributed by atoms with van der Waals surface area (Å²) in [5.41, 5.74) is 1.44. The van der Waals surface area contributed by atoms with Gasteiger partial charge in [-0.15, -0.1) is 0 Å². The normalized spacial score (nSPS) is 21.3. The predicted molar refractivity (Wildman–Crippen MR) is 111 cm³/mol. The Bertz CT molecular complexity index is 586. The van der Waals surface area contributed by atoms with Gasteiger partial charge in [0.15, 0.2) is 0 Å². The minimum Gasteiger partial charge on any atom is -0.483 e. The summed E-state index contributed by atoms with van der Waals surface area (Å²) in [5, 5.41) is 6.89. The SMILES string of the molecule is CC(C)N1CC(CN2CCN(CCc3ccccc3)CC2)CCC1=O.O=CO. The monoisotopic (exact) mass is 389 g/mol. The van der Waals surface area contributed by atoms with E-state index in [9.17, 15) is 4.79 Å². The summed E-state index contributed by atoms with van der Waals surface area (Å²) in [7, 11) is 0. The van der Waals surface area contributed by atoms with Gasteiger partial charge in [-0.25, -0.2) is 0 Å². The Labute approximate surface area is 169 Å². The maximum atomic E-state index is 12.0. The van der Waals surface area contributed by atoms with E-state index in [1.54, 1.807) is 0 Å². The van der Waals surface area contributed by atoms with Crippen LogP contribution in [0.1, 0.15) is 32.3 Å². The molecule has 1 aromatic rings. The molecule has 2 aliphatic heterocycles. The molecule has 28 heavy (non-hydrogen) atoms. The zero-order valence-corrected chi connectivity index (χ0v) is 17.3. The van der Waals surface area contributed by atoms with Gasteiger partial charge >= 0.3 is 0 Å². The minimum absolute atomic E-state index is 0.250. The molecule has 1 aromatic carbocycles. The molecule has 0 radical (unpaired) electrons. The van der Waals surface area contributed by atoms with E-state index < -0.39 is 0 Å². The van der Waals surface area contributed by atoms with Crippen LogP contribution in [-0.4, -0.2) is 84.0 Å². The summed E-state index contributed by atoms with van der Waals surface area (Å²) >= 11 is 0. The second kappa shape index (κ2) is 11.8. The van der Waals surface area contributed by atoms with E-state index in [1.807, 2.05) is 0 Å². The highest BCUT2D eigenvalue weighted by atomic mass is 16.3. The largest absolute Gasteiger partial charge is 0.483 e. The lowest BCUT2D eigenvalue weighted by molar-refractivity contribution is -0.137. The second-order valence-corrected chi connectivity index (χ2v) is 8.03. The number of benzene rings is 1. The van der Waals surface area contributed by atoms with Crippen LogP contribution in [0.4, 0.5) is 0 Å². The van der Waals surface area contributed by atoms with Crippen molar-refractivity contribution in [3.63, 3.8) is 0 Å². The number of carbonyl (C=O) groups excluding carboxylic acids is 1. The summed E-state index contributed by atoms with van der Waals surface area (Å²) in [5.74, 6) is 0.993. The molecule has 2 fully saturated rings. The lowest BCUT2D eigenvalue weighted by atomic mass is 9.95. The van der Waals surface area contributed by atoms with E-state index in [4.69, 9.17) is 9.90 Å². The van der Waals surface area contributed by atoms with Gasteiger partial charge in [-0.2, -0.15) is 0 Å². The fourth-order valence-electron chi connectivity index (χ4n) is 4.08. The van der Waals surface area contributed by atoms with Crippen molar-refractivity contribution >= 4 is 12.4 Å². The van der Waals surface area contributed by atoms with Gasteiger partial charge in [0.1, 0.15) is 0 Å². The van der Waals surface area contributed by atoms with Crippen molar-refractivity contribution in [2.75, 3.05) is 45.8 Å². The third-order valence-corrected chi connectivity index (χ3v) is 5.71. The van der Waals surface area contributed by atoms with Crippen molar-refractivity contribution in [1.82, 2.24) is 14.7 Å². The molecule has 1 N–H and O–H groups in total. The summed E-state index contributed by atoms with van der Waals surface area (Å²) < 4.78 is 0. The Balaban J connectivity index is 0.000000878. The smallest absolute Gasteiger partial charge is 0.290 e. The average molecular weight is 390 g/mol. The Kier molecular flexibility index (Phi) is 9.44. The summed E-state index contributed by atoms with van der Waals surface area (Å²) in [6.07, 6.45) is 2.95. The maximum Gasteiger partial charge on any atom is 0.290 e. The van der Waals surface area contributed by atoms with Crippen molar-refractivity contribution in [1.29, 1.82) is 0 Å². The van der Waals surface area contributed by atoms with E-state index in [0.717, 1.165) is 38.9 Å². The molecule has 6 heteroatoms. The number of likely N-dealkylation sites (tertiary alicyclic amines) is 1. The second-order valence-electron chi connectivity index (χ2n) is 8.03. The molecule has 3 rings (SSSR count). The molecule has 2 aliphatic rings. The van der Waals surface area contributed by atoms with Crippen molar-refractivity contribution in [3.8, 4) is 0 Å². The van der Waals surface area contributed by atoms with Gasteiger partial charge in [0.2, 0.25) is 5.91 Å². The van der Waals surface area contributed by atoms with Crippen LogP contribution in [-0.2, 0) is 16.0 Å². The van der Waals surface area contributed by atoms with Gasteiger partial charge in [0.25, 0.3) is 6.47 Å². The zero-order chi connectivity index (χ0) is 20.4. The maximum absolute atomic E-state index is 12.0. The number of carbonyl (C=O) groups is 2. The number of hydrogen-bond donors (Lipinski definition) is 1. The van der Waals surface area contributed by atoms with Crippen molar-refractivity contribution in [2.24, 2.45) is 5.92 Å². The Hall–Kier alpha value is -1.92. The number of carboxylic acid groups (broad SMARTS) is 1. The Morgan fingerprint density at radius 3 is 2.32 bits per heavy atom. The van der Waals surface area contributed by atoms with Crippen LogP contribution in [0, 0.1) is 5.92 Å². The van der Waals surface area contributed by atoms with Crippen LogP contribution >= 0.6 is 0 Å². The average Bonchev–Trinajstić information content (AvgIpc) is 2.70. The molecule has 2 saturated heterocycles. The van der Waals surface area contributed by atoms with E-state index in [0.29, 0.717) is 17.9 Å². The van der Waals surface area contributed by atoms with Crippen LogP contribution < -0.4 is 0 Å². The van der Waals surface area contributed by atoms with Gasteiger partial charge in [0, 0.05) is 58.3 Å². The zero-order valence-electron chi connectivity index (χ0n) is 17.3. The first-order chi connectivity index (χ1) is 13.5. The van der Waals surface area contributed by atoms with E-state index >= 15 is 0 Å². The molecule has 0 spiro atoms. The fraction of sp³-hybridized carbons (Fsp3) is 0.636. The molecule has 0 saturated carbocycles. The minimum atomic E-state index is -0.250. The fourth-order valence-corrected chi connectivity index (χ4v) is 4.08. The Morgan fingerprint density at radius 1 is 1.11 bits per heavy atom. The molecule has 6 nitrogen and oxygen atoms in total. The first-order valence-corrected chi connectivity index (χ1v) is 10.4. The molecule has 156 valence electrons. The number of rotatable bonds is 6. The third-order valence-electron chi connectivity index (χ3n) is 5.71. The van der Waals surface area contributed by atoms with Gasteiger partial charge in [-0.3, -0.25) is 9.59 Å². The lowest BCUT2D eigenvalue weighted by Gasteiger charge is -2.40. The summed E-state index contributed by atoms with van der Waals surface area (Å²) in [6, 6.07) is 11.1. The lowest BCUT2D eigenvalue weighted by Crippen LogP contribution is -2.51. The van der Waals surface area contributed by atoms with Gasteiger partial charge < -0.3 is 19.8 Å². The van der Waals surface area contributed by atoms with Crippen LogP contribution in [0.3, 0.4) is 0 Å². The van der Waals surface area contributed by atoms with Crippen molar-refractivity contribution in [2.45, 2.75) is 39.2 Å². The number of nitrogens with zero attached hydrogens (tertiary/aromatic N) is 3. The van der Waals surface area contributed by atoms with Crippen molar-refractivity contribution in [3.05, 3.63) is 35.9 Å². The molecule has 2 heterocycles. The Morgan fingerprint density at radius 2 is 1.71 bits per heavy atom. The number of piperidine rings is 1.